The summed E-state index contributed by atoms with van der Waals surface area (Å²) in [6.07, 6.45) is 0. The van der Waals surface area contributed by atoms with Gasteiger partial charge in [-0.2, -0.15) is 0 Å². The van der Waals surface area contributed by atoms with Gasteiger partial charge in [0.25, 0.3) is 0 Å². The third-order valence-corrected chi connectivity index (χ3v) is 4.76. The highest BCUT2D eigenvalue weighted by molar-refractivity contribution is 6.05. The summed E-state index contributed by atoms with van der Waals surface area (Å²) < 4.78 is 23.5. The van der Waals surface area contributed by atoms with Crippen molar-refractivity contribution >= 4 is 23.3 Å². The first kappa shape index (κ1) is 18.6. The highest BCUT2D eigenvalue weighted by atomic mass is 19.1. The Balaban J connectivity index is 1.41. The molecule has 29 heavy (non-hydrogen) atoms. The van der Waals surface area contributed by atoms with Crippen LogP contribution in [0, 0.1) is 5.82 Å². The van der Waals surface area contributed by atoms with Gasteiger partial charge < -0.3 is 14.5 Å². The second-order valence-electron chi connectivity index (χ2n) is 6.68. The number of benzene rings is 2. The van der Waals surface area contributed by atoms with Crippen LogP contribution in [0.4, 0.5) is 10.1 Å². The summed E-state index contributed by atoms with van der Waals surface area (Å²) in [7, 11) is 0. The van der Waals surface area contributed by atoms with Gasteiger partial charge in [-0.05, 0) is 67.1 Å². The number of hydrogen-bond donors (Lipinski definition) is 1. The summed E-state index contributed by atoms with van der Waals surface area (Å²) >= 11 is 0. The van der Waals surface area contributed by atoms with E-state index in [1.54, 1.807) is 31.2 Å². The highest BCUT2D eigenvalue weighted by Gasteiger charge is 2.27. The number of Topliss-reactive ketones (excluding diaryl/α,β-unsaturated/α-hetero) is 1. The Morgan fingerprint density at radius 2 is 1.86 bits per heavy atom. The Kier molecular flexibility index (Phi) is 4.72. The van der Waals surface area contributed by atoms with Gasteiger partial charge in [-0.15, -0.1) is 0 Å². The Labute approximate surface area is 165 Å². The molecular weight excluding hydrogens is 377 g/mol. The van der Waals surface area contributed by atoms with Crippen molar-refractivity contribution in [1.82, 2.24) is 0 Å². The minimum atomic E-state index is -0.780. The van der Waals surface area contributed by atoms with Gasteiger partial charge in [-0.25, -0.2) is 9.18 Å². The van der Waals surface area contributed by atoms with Crippen LogP contribution in [0.5, 0.6) is 0 Å². The number of ketones is 1. The number of halogens is 1. The van der Waals surface area contributed by atoms with Crippen LogP contribution in [0.3, 0.4) is 0 Å². The molecule has 0 spiro atoms. The first-order chi connectivity index (χ1) is 13.9. The fraction of sp³-hybridized carbons (Fsp3) is 0.136. The Morgan fingerprint density at radius 3 is 2.62 bits per heavy atom. The summed E-state index contributed by atoms with van der Waals surface area (Å²) in [6.45, 7) is 1.30. The van der Waals surface area contributed by atoms with Crippen LogP contribution in [-0.4, -0.2) is 24.3 Å². The lowest BCUT2D eigenvalue weighted by molar-refractivity contribution is -0.116. The third-order valence-electron chi connectivity index (χ3n) is 4.76. The lowest BCUT2D eigenvalue weighted by atomic mass is 9.99. The second kappa shape index (κ2) is 7.35. The van der Waals surface area contributed by atoms with E-state index in [0.717, 1.165) is 5.56 Å². The summed E-state index contributed by atoms with van der Waals surface area (Å²) in [5, 5.41) is 2.74. The van der Waals surface area contributed by atoms with Crippen molar-refractivity contribution in [1.29, 1.82) is 0 Å². The molecule has 1 N–H and O–H groups in total. The van der Waals surface area contributed by atoms with Crippen molar-refractivity contribution < 1.29 is 27.9 Å². The van der Waals surface area contributed by atoms with Gasteiger partial charge in [-0.1, -0.05) is 0 Å². The topological polar surface area (TPSA) is 85.6 Å². The maximum atomic E-state index is 13.0. The number of esters is 1. The van der Waals surface area contributed by atoms with E-state index < -0.39 is 18.4 Å². The zero-order chi connectivity index (χ0) is 20.5. The number of hydrogen-bond acceptors (Lipinski definition) is 5. The largest absolute Gasteiger partial charge is 0.451 e. The second-order valence-corrected chi connectivity index (χ2v) is 6.68. The highest BCUT2D eigenvalue weighted by Crippen LogP contribution is 2.32. The summed E-state index contributed by atoms with van der Waals surface area (Å²) in [4.78, 5) is 36.3. The zero-order valence-electron chi connectivity index (χ0n) is 15.4. The van der Waals surface area contributed by atoms with Crippen LogP contribution < -0.4 is 5.32 Å². The quantitative estimate of drug-likeness (QED) is 0.519. The van der Waals surface area contributed by atoms with E-state index in [1.165, 1.54) is 30.3 Å². The van der Waals surface area contributed by atoms with Gasteiger partial charge in [0.15, 0.2) is 12.4 Å². The van der Waals surface area contributed by atoms with Crippen LogP contribution in [0.15, 0.2) is 59.0 Å². The Morgan fingerprint density at radius 1 is 1.10 bits per heavy atom. The maximum Gasteiger partial charge on any atom is 0.374 e. The molecule has 0 radical (unpaired) electrons. The van der Waals surface area contributed by atoms with Crippen molar-refractivity contribution in [2.24, 2.45) is 0 Å². The van der Waals surface area contributed by atoms with Crippen molar-refractivity contribution in [3.05, 3.63) is 77.3 Å². The van der Waals surface area contributed by atoms with Crippen LogP contribution in [0.25, 0.3) is 11.3 Å². The van der Waals surface area contributed by atoms with Crippen LogP contribution >= 0.6 is 0 Å². The van der Waals surface area contributed by atoms with Crippen molar-refractivity contribution in [3.63, 3.8) is 0 Å². The van der Waals surface area contributed by atoms with Gasteiger partial charge in [0, 0.05) is 16.8 Å². The minimum Gasteiger partial charge on any atom is -0.451 e. The van der Waals surface area contributed by atoms with Gasteiger partial charge in [0.2, 0.25) is 11.7 Å². The van der Waals surface area contributed by atoms with E-state index in [-0.39, 0.29) is 23.4 Å². The van der Waals surface area contributed by atoms with Crippen LogP contribution in [-0.2, 0) is 9.53 Å². The van der Waals surface area contributed by atoms with E-state index in [4.69, 9.17) is 9.15 Å². The third kappa shape index (κ3) is 3.67. The van der Waals surface area contributed by atoms with Crippen molar-refractivity contribution in [3.8, 4) is 11.3 Å². The van der Waals surface area contributed by atoms with E-state index in [2.05, 4.69) is 5.32 Å². The normalized spacial score (nSPS) is 15.0. The molecule has 7 heteroatoms. The number of ether oxygens (including phenoxy) is 1. The van der Waals surface area contributed by atoms with Crippen LogP contribution in [0.2, 0.25) is 0 Å². The number of rotatable bonds is 5. The monoisotopic (exact) mass is 393 g/mol. The van der Waals surface area contributed by atoms with Gasteiger partial charge in [0.1, 0.15) is 11.6 Å². The molecular formula is C22H16FNO5. The molecule has 0 saturated heterocycles. The minimum absolute atomic E-state index is 0.0607. The van der Waals surface area contributed by atoms with Crippen molar-refractivity contribution in [2.75, 3.05) is 11.9 Å². The molecule has 6 nitrogen and oxygen atoms in total. The van der Waals surface area contributed by atoms with E-state index in [9.17, 15) is 18.8 Å². The molecule has 2 aromatic carbocycles. The van der Waals surface area contributed by atoms with E-state index in [1.807, 2.05) is 0 Å². The number of nitrogens with one attached hydrogen (secondary N) is 1. The lowest BCUT2D eigenvalue weighted by Gasteiger charge is -2.06. The molecule has 1 aliphatic rings. The number of anilines is 1. The number of carbonyl (C=O) groups excluding carboxylic acids is 3. The predicted molar refractivity (Wildman–Crippen MR) is 102 cm³/mol. The molecule has 1 amide bonds. The Bertz CT molecular complexity index is 1120. The summed E-state index contributed by atoms with van der Waals surface area (Å²) in [6, 6.07) is 13.5. The van der Waals surface area contributed by atoms with Gasteiger partial charge in [0.05, 0.1) is 5.92 Å². The van der Waals surface area contributed by atoms with Gasteiger partial charge >= 0.3 is 5.97 Å². The number of furan rings is 1. The fourth-order valence-electron chi connectivity index (χ4n) is 3.09. The van der Waals surface area contributed by atoms with E-state index >= 15 is 0 Å². The zero-order valence-corrected chi connectivity index (χ0v) is 15.4. The molecule has 1 aromatic heterocycles. The van der Waals surface area contributed by atoms with Crippen molar-refractivity contribution in [2.45, 2.75) is 12.8 Å². The fourth-order valence-corrected chi connectivity index (χ4v) is 3.09. The molecule has 146 valence electrons. The summed E-state index contributed by atoms with van der Waals surface area (Å²) in [5.41, 5.74) is 2.38. The van der Waals surface area contributed by atoms with Crippen LogP contribution in [0.1, 0.15) is 39.3 Å². The smallest absolute Gasteiger partial charge is 0.374 e. The number of fused-ring (bicyclic) bond motifs is 1. The first-order valence-electron chi connectivity index (χ1n) is 8.93. The molecule has 0 fully saturated rings. The lowest BCUT2D eigenvalue weighted by Crippen LogP contribution is -2.14. The molecule has 1 aliphatic heterocycles. The molecule has 2 heterocycles. The molecule has 0 saturated carbocycles. The molecule has 0 bridgehead atoms. The average molecular weight is 393 g/mol. The molecule has 1 atom stereocenters. The molecule has 0 aliphatic carbocycles. The van der Waals surface area contributed by atoms with Gasteiger partial charge in [-0.3, -0.25) is 9.59 Å². The predicted octanol–water partition coefficient (Wildman–Crippen LogP) is 4.18. The molecule has 4 rings (SSSR count). The van der Waals surface area contributed by atoms with E-state index in [0.29, 0.717) is 22.6 Å². The molecule has 3 aromatic rings. The number of amides is 1. The first-order valence-corrected chi connectivity index (χ1v) is 8.93. The number of carbonyl (C=O) groups is 3. The SMILES string of the molecule is C[C@H]1C(=O)Nc2ccc(C(=O)COC(=O)c3ccc(-c4ccc(F)cc4)o3)cc21. The Hall–Kier alpha value is -3.74. The standard InChI is InChI=1S/C22H16FNO5/c1-12-16-10-14(4-7-17(16)24-21(12)26)18(25)11-28-22(27)20-9-8-19(29-20)13-2-5-15(23)6-3-13/h2-10,12H,11H2,1H3,(H,24,26)/t12-/m1/s1. The summed E-state index contributed by atoms with van der Waals surface area (Å²) in [5.74, 6) is -1.68. The molecule has 0 unspecified atom stereocenters. The maximum absolute atomic E-state index is 13.0. The average Bonchev–Trinajstić information content (AvgIpc) is 3.32.